The minimum atomic E-state index is -1.09. The predicted molar refractivity (Wildman–Crippen MR) is 155 cm³/mol. The molecular formula is C28H29ClFN3O4S2. The largest absolute Gasteiger partial charge is 0.496 e. The molecule has 0 radical (unpaired) electrons. The molecule has 206 valence electrons. The number of carbonyl (C=O) groups is 2. The zero-order valence-electron chi connectivity index (χ0n) is 21.3. The van der Waals surface area contributed by atoms with Crippen molar-refractivity contribution in [1.82, 2.24) is 10.3 Å². The number of halogens is 2. The van der Waals surface area contributed by atoms with Gasteiger partial charge in [-0.15, -0.1) is 0 Å². The number of benzene rings is 2. The molecule has 0 saturated heterocycles. The van der Waals surface area contributed by atoms with Crippen LogP contribution in [0, 0.1) is 5.82 Å². The van der Waals surface area contributed by atoms with E-state index in [1.165, 1.54) is 36.1 Å². The number of hydrogen-bond donors (Lipinski definition) is 2. The number of nitrogens with one attached hydrogen (secondary N) is 1. The average Bonchev–Trinajstić information content (AvgIpc) is 2.93. The zero-order chi connectivity index (χ0) is 28.0. The van der Waals surface area contributed by atoms with E-state index in [1.807, 2.05) is 18.2 Å². The van der Waals surface area contributed by atoms with Crippen LogP contribution in [0.2, 0.25) is 5.02 Å². The Morgan fingerprint density at radius 2 is 1.95 bits per heavy atom. The summed E-state index contributed by atoms with van der Waals surface area (Å²) >= 11 is 6.03. The number of aromatic nitrogens is 1. The van der Waals surface area contributed by atoms with Crippen molar-refractivity contribution in [2.45, 2.75) is 36.8 Å². The van der Waals surface area contributed by atoms with Crippen molar-refractivity contribution in [2.24, 2.45) is 4.99 Å². The van der Waals surface area contributed by atoms with Crippen LogP contribution in [-0.4, -0.2) is 53.1 Å². The van der Waals surface area contributed by atoms with Gasteiger partial charge in [-0.2, -0.15) is 0 Å². The van der Waals surface area contributed by atoms with Crippen LogP contribution >= 0.6 is 33.2 Å². The van der Waals surface area contributed by atoms with E-state index >= 15 is 0 Å². The molecular weight excluding hydrogens is 561 g/mol. The molecule has 0 aliphatic heterocycles. The summed E-state index contributed by atoms with van der Waals surface area (Å²) in [5.74, 6) is -0.624. The summed E-state index contributed by atoms with van der Waals surface area (Å²) in [6.45, 7) is 0.439. The fourth-order valence-electron chi connectivity index (χ4n) is 3.58. The highest BCUT2D eigenvalue weighted by atomic mass is 35.5. The summed E-state index contributed by atoms with van der Waals surface area (Å²) in [6, 6.07) is 15.4. The highest BCUT2D eigenvalue weighted by Gasteiger charge is 2.21. The fraction of sp³-hybridized carbons (Fsp3) is 0.286. The van der Waals surface area contributed by atoms with Gasteiger partial charge in [0.1, 0.15) is 22.6 Å². The van der Waals surface area contributed by atoms with Crippen molar-refractivity contribution < 1.29 is 23.8 Å². The van der Waals surface area contributed by atoms with E-state index < -0.39 is 17.8 Å². The second-order valence-corrected chi connectivity index (χ2v) is 11.2. The fourth-order valence-corrected chi connectivity index (χ4v) is 5.58. The van der Waals surface area contributed by atoms with Gasteiger partial charge in [0, 0.05) is 41.1 Å². The van der Waals surface area contributed by atoms with Crippen molar-refractivity contribution in [3.8, 4) is 5.75 Å². The second kappa shape index (κ2) is 16.1. The van der Waals surface area contributed by atoms with E-state index in [1.54, 1.807) is 41.3 Å². The number of carboxylic acids is 1. The maximum absolute atomic E-state index is 14.2. The Morgan fingerprint density at radius 1 is 1.15 bits per heavy atom. The van der Waals surface area contributed by atoms with Crippen molar-refractivity contribution >= 4 is 50.8 Å². The summed E-state index contributed by atoms with van der Waals surface area (Å²) in [5.41, 5.74) is 1.23. The Bertz CT molecular complexity index is 1260. The lowest BCUT2D eigenvalue weighted by Crippen LogP contribution is -2.25. The zero-order valence-corrected chi connectivity index (χ0v) is 23.7. The van der Waals surface area contributed by atoms with Gasteiger partial charge in [0.25, 0.3) is 0 Å². The number of aliphatic carboxylic acids is 1. The standard InChI is InChI=1S/C28H29ClFN3O4S2/c1-37-24-13-12-21(30)18-22(24)27(19-8-10-20(29)11-9-19)33-23(28(35)36)6-2-4-15-31-25(34)14-17-38-39-26-7-3-5-16-32-26/h3,5,7-13,16,18,23H,2,4,6,14-15,17H2,1H3,(H,31,34)(H,35,36)/b33-27-. The van der Waals surface area contributed by atoms with Gasteiger partial charge in [0.2, 0.25) is 5.91 Å². The molecule has 1 unspecified atom stereocenters. The van der Waals surface area contributed by atoms with Crippen molar-refractivity contribution in [2.75, 3.05) is 19.4 Å². The molecule has 7 nitrogen and oxygen atoms in total. The molecule has 3 aromatic rings. The number of ether oxygens (including phenoxy) is 1. The number of aliphatic imine (C=N–C) groups is 1. The van der Waals surface area contributed by atoms with Crippen molar-refractivity contribution in [3.63, 3.8) is 0 Å². The Morgan fingerprint density at radius 3 is 2.64 bits per heavy atom. The highest BCUT2D eigenvalue weighted by molar-refractivity contribution is 8.76. The molecule has 1 heterocycles. The van der Waals surface area contributed by atoms with Crippen LogP contribution in [0.3, 0.4) is 0 Å². The molecule has 0 fully saturated rings. The predicted octanol–water partition coefficient (Wildman–Crippen LogP) is 6.29. The van der Waals surface area contributed by atoms with E-state index in [0.717, 1.165) is 5.03 Å². The van der Waals surface area contributed by atoms with Crippen LogP contribution in [0.5, 0.6) is 5.75 Å². The lowest BCUT2D eigenvalue weighted by atomic mass is 10.00. The molecule has 39 heavy (non-hydrogen) atoms. The molecule has 3 rings (SSSR count). The van der Waals surface area contributed by atoms with Gasteiger partial charge < -0.3 is 15.2 Å². The lowest BCUT2D eigenvalue weighted by Gasteiger charge is -2.15. The molecule has 11 heteroatoms. The molecule has 1 aromatic heterocycles. The van der Waals surface area contributed by atoms with Crippen LogP contribution in [0.15, 0.2) is 76.9 Å². The molecule has 0 bridgehead atoms. The number of nitrogens with zero attached hydrogens (tertiary/aromatic N) is 2. The van der Waals surface area contributed by atoms with Crippen LogP contribution in [0.1, 0.15) is 36.8 Å². The normalized spacial score (nSPS) is 12.1. The minimum Gasteiger partial charge on any atom is -0.496 e. The summed E-state index contributed by atoms with van der Waals surface area (Å²) in [5, 5.41) is 14.2. The molecule has 0 saturated carbocycles. The van der Waals surface area contributed by atoms with Crippen LogP contribution < -0.4 is 10.1 Å². The lowest BCUT2D eigenvalue weighted by molar-refractivity contribution is -0.138. The quantitative estimate of drug-likeness (QED) is 0.122. The van der Waals surface area contributed by atoms with E-state index in [0.29, 0.717) is 59.2 Å². The summed E-state index contributed by atoms with van der Waals surface area (Å²) in [4.78, 5) is 33.0. The molecule has 0 aliphatic rings. The number of carboxylic acid groups (broad SMARTS) is 1. The summed E-state index contributed by atoms with van der Waals surface area (Å²) in [7, 11) is 4.55. The SMILES string of the molecule is COc1ccc(F)cc1/C(=N\C(CCCCNC(=O)CCSSc1ccccn1)C(=O)O)c1ccc(Cl)cc1. The number of hydrogen-bond acceptors (Lipinski definition) is 7. The van der Waals surface area contributed by atoms with Crippen LogP contribution in [0.25, 0.3) is 0 Å². The van der Waals surface area contributed by atoms with Gasteiger partial charge in [0.05, 0.1) is 12.8 Å². The molecule has 1 atom stereocenters. The third-order valence-electron chi connectivity index (χ3n) is 5.53. The molecule has 1 amide bonds. The molecule has 0 spiro atoms. The average molecular weight is 590 g/mol. The molecule has 0 aliphatic carbocycles. The third-order valence-corrected chi connectivity index (χ3v) is 8.04. The monoisotopic (exact) mass is 589 g/mol. The molecule has 2 N–H and O–H groups in total. The highest BCUT2D eigenvalue weighted by Crippen LogP contribution is 2.29. The second-order valence-electron chi connectivity index (χ2n) is 8.35. The van der Waals surface area contributed by atoms with Gasteiger partial charge in [0.15, 0.2) is 0 Å². The minimum absolute atomic E-state index is 0.0554. The number of carbonyl (C=O) groups excluding carboxylic acids is 1. The third kappa shape index (κ3) is 10.2. The number of unbranched alkanes of at least 4 members (excludes halogenated alkanes) is 1. The Balaban J connectivity index is 1.56. The van der Waals surface area contributed by atoms with Crippen LogP contribution in [0.4, 0.5) is 4.39 Å². The first-order valence-corrected chi connectivity index (χ1v) is 14.9. The first-order chi connectivity index (χ1) is 18.9. The Hall–Kier alpha value is -3.08. The number of amides is 1. The number of pyridine rings is 1. The first-order valence-electron chi connectivity index (χ1n) is 12.2. The van der Waals surface area contributed by atoms with Gasteiger partial charge in [-0.1, -0.05) is 40.6 Å². The van der Waals surface area contributed by atoms with E-state index in [2.05, 4.69) is 15.3 Å². The van der Waals surface area contributed by atoms with Gasteiger partial charge in [-0.05, 0) is 72.5 Å². The summed E-state index contributed by atoms with van der Waals surface area (Å²) in [6.07, 6.45) is 3.48. The van der Waals surface area contributed by atoms with Crippen molar-refractivity contribution in [1.29, 1.82) is 0 Å². The van der Waals surface area contributed by atoms with Gasteiger partial charge >= 0.3 is 5.97 Å². The van der Waals surface area contributed by atoms with Gasteiger partial charge in [-0.25, -0.2) is 14.2 Å². The van der Waals surface area contributed by atoms with E-state index in [9.17, 15) is 19.1 Å². The maximum atomic E-state index is 14.2. The number of methoxy groups -OCH3 is 1. The van der Waals surface area contributed by atoms with Crippen LogP contribution in [-0.2, 0) is 9.59 Å². The number of rotatable bonds is 15. The topological polar surface area (TPSA) is 101 Å². The van der Waals surface area contributed by atoms with E-state index in [4.69, 9.17) is 16.3 Å². The van der Waals surface area contributed by atoms with E-state index in [-0.39, 0.29) is 12.3 Å². The Labute approximate surface area is 240 Å². The maximum Gasteiger partial charge on any atom is 0.328 e. The Kier molecular flexibility index (Phi) is 12.6. The van der Waals surface area contributed by atoms with Crippen molar-refractivity contribution in [3.05, 3.63) is 88.8 Å². The first kappa shape index (κ1) is 30.5. The smallest absolute Gasteiger partial charge is 0.328 e. The van der Waals surface area contributed by atoms with Gasteiger partial charge in [-0.3, -0.25) is 9.79 Å². The summed E-state index contributed by atoms with van der Waals surface area (Å²) < 4.78 is 19.6. The molecule has 2 aromatic carbocycles.